The van der Waals surface area contributed by atoms with Crippen LogP contribution < -0.4 is 24.4 Å². The number of rotatable bonds is 8. The lowest BCUT2D eigenvalue weighted by Crippen LogP contribution is -2.40. The van der Waals surface area contributed by atoms with E-state index in [0.29, 0.717) is 47.7 Å². The van der Waals surface area contributed by atoms with Gasteiger partial charge in [-0.25, -0.2) is 9.79 Å². The summed E-state index contributed by atoms with van der Waals surface area (Å²) >= 11 is 14.1. The number of ether oxygens (including phenoxy) is 3. The van der Waals surface area contributed by atoms with E-state index in [-0.39, 0.29) is 24.3 Å². The largest absolute Gasteiger partial charge is 0.493 e. The molecule has 0 radical (unpaired) electrons. The molecule has 0 saturated heterocycles. The molecule has 4 aromatic rings. The number of esters is 1. The number of nitrogens with zero attached hydrogens (tertiary/aromatic N) is 2. The van der Waals surface area contributed by atoms with Gasteiger partial charge in [0.25, 0.3) is 5.56 Å². The van der Waals surface area contributed by atoms with Gasteiger partial charge in [-0.15, -0.1) is 0 Å². The normalized spacial score (nSPS) is 14.9. The van der Waals surface area contributed by atoms with Crippen LogP contribution in [0, 0.1) is 0 Å². The van der Waals surface area contributed by atoms with Gasteiger partial charge < -0.3 is 14.2 Å². The second kappa shape index (κ2) is 12.3. The summed E-state index contributed by atoms with van der Waals surface area (Å²) in [7, 11) is 1.55. The van der Waals surface area contributed by atoms with Crippen LogP contribution in [0.2, 0.25) is 10.0 Å². The molecule has 7 nitrogen and oxygen atoms in total. The molecule has 10 heteroatoms. The molecular weight excluding hydrogens is 583 g/mol. The highest BCUT2D eigenvalue weighted by Gasteiger charge is 2.34. The van der Waals surface area contributed by atoms with E-state index in [9.17, 15) is 9.59 Å². The molecule has 0 N–H and O–H groups in total. The van der Waals surface area contributed by atoms with E-state index in [2.05, 4.69) is 4.99 Å². The number of carbonyl (C=O) groups is 1. The zero-order valence-electron chi connectivity index (χ0n) is 22.5. The van der Waals surface area contributed by atoms with Crippen LogP contribution in [0.3, 0.4) is 0 Å². The number of fused-ring (bicyclic) bond motifs is 1. The minimum Gasteiger partial charge on any atom is -0.493 e. The summed E-state index contributed by atoms with van der Waals surface area (Å²) in [5.74, 6) is 0.427. The molecule has 0 aliphatic carbocycles. The third-order valence-corrected chi connectivity index (χ3v) is 8.26. The van der Waals surface area contributed by atoms with Gasteiger partial charge in [0.05, 0.1) is 29.5 Å². The molecule has 0 saturated carbocycles. The molecule has 1 aliphatic rings. The van der Waals surface area contributed by atoms with Crippen molar-refractivity contribution in [1.82, 2.24) is 4.57 Å². The minimum atomic E-state index is -0.803. The summed E-state index contributed by atoms with van der Waals surface area (Å²) in [4.78, 5) is 32.2. The standard InChI is InChI=1S/C31H26Cl2N2O5S/c1-4-39-30(37)26-18(2)34-31-35(27(26)21-12-6-8-14-23(21)33)29(36)25(41-31)16-19-11-9-15-24(38-3)28(19)40-17-20-10-5-7-13-22(20)32/h5-16,27H,4,17H2,1-3H3/b25-16-/t27-/m1/s1. The minimum absolute atomic E-state index is 0.183. The average molecular weight is 610 g/mol. The Hall–Kier alpha value is -3.85. The molecule has 0 spiro atoms. The Morgan fingerprint density at radius 1 is 1.05 bits per heavy atom. The van der Waals surface area contributed by atoms with Crippen LogP contribution in [-0.2, 0) is 16.1 Å². The second-order valence-corrected chi connectivity index (χ2v) is 10.9. The first-order valence-electron chi connectivity index (χ1n) is 12.8. The maximum atomic E-state index is 14.0. The Labute approximate surface area is 250 Å². The van der Waals surface area contributed by atoms with Crippen LogP contribution in [0.15, 0.2) is 87.8 Å². The summed E-state index contributed by atoms with van der Waals surface area (Å²) in [5.41, 5.74) is 2.46. The van der Waals surface area contributed by atoms with Gasteiger partial charge in [0.15, 0.2) is 16.3 Å². The average Bonchev–Trinajstić information content (AvgIpc) is 3.26. The molecule has 0 unspecified atom stereocenters. The zero-order chi connectivity index (χ0) is 29.1. The molecule has 0 amide bonds. The van der Waals surface area contributed by atoms with Crippen molar-refractivity contribution in [1.29, 1.82) is 0 Å². The summed E-state index contributed by atoms with van der Waals surface area (Å²) < 4.78 is 19.0. The van der Waals surface area contributed by atoms with Crippen molar-refractivity contribution in [2.24, 2.45) is 4.99 Å². The smallest absolute Gasteiger partial charge is 0.338 e. The lowest BCUT2D eigenvalue weighted by molar-refractivity contribution is -0.139. The fraction of sp³-hybridized carbons (Fsp3) is 0.194. The number of hydrogen-bond donors (Lipinski definition) is 0. The van der Waals surface area contributed by atoms with E-state index in [4.69, 9.17) is 37.4 Å². The Kier molecular flexibility index (Phi) is 8.63. The number of halogens is 2. The predicted molar refractivity (Wildman–Crippen MR) is 161 cm³/mol. The van der Waals surface area contributed by atoms with E-state index in [0.717, 1.165) is 5.56 Å². The molecule has 3 aromatic carbocycles. The molecule has 1 aromatic heterocycles. The highest BCUT2D eigenvalue weighted by Crippen LogP contribution is 2.35. The van der Waals surface area contributed by atoms with Gasteiger partial charge in [-0.2, -0.15) is 0 Å². The summed E-state index contributed by atoms with van der Waals surface area (Å²) in [5, 5.41) is 1.01. The molecule has 1 aliphatic heterocycles. The number of benzene rings is 3. The van der Waals surface area contributed by atoms with Gasteiger partial charge in [-0.1, -0.05) is 83.1 Å². The van der Waals surface area contributed by atoms with E-state index < -0.39 is 12.0 Å². The van der Waals surface area contributed by atoms with Crippen molar-refractivity contribution in [2.45, 2.75) is 26.5 Å². The van der Waals surface area contributed by atoms with Crippen molar-refractivity contribution in [3.63, 3.8) is 0 Å². The zero-order valence-corrected chi connectivity index (χ0v) is 24.8. The number of thiazole rings is 1. The Balaban J connectivity index is 1.66. The topological polar surface area (TPSA) is 79.1 Å². The first kappa shape index (κ1) is 28.7. The Morgan fingerprint density at radius 3 is 2.49 bits per heavy atom. The fourth-order valence-corrected chi connectivity index (χ4v) is 6.12. The van der Waals surface area contributed by atoms with Crippen LogP contribution in [0.5, 0.6) is 11.5 Å². The fourth-order valence-electron chi connectivity index (χ4n) is 4.65. The second-order valence-electron chi connectivity index (χ2n) is 9.08. The molecule has 210 valence electrons. The van der Waals surface area contributed by atoms with Gasteiger partial charge in [0.1, 0.15) is 12.6 Å². The van der Waals surface area contributed by atoms with Crippen molar-refractivity contribution in [2.75, 3.05) is 13.7 Å². The Morgan fingerprint density at radius 2 is 1.78 bits per heavy atom. The summed E-state index contributed by atoms with van der Waals surface area (Å²) in [6, 6.07) is 19.2. The van der Waals surface area contributed by atoms with Crippen molar-refractivity contribution in [3.8, 4) is 11.5 Å². The molecule has 2 heterocycles. The highest BCUT2D eigenvalue weighted by molar-refractivity contribution is 7.07. The van der Waals surface area contributed by atoms with Crippen LogP contribution in [-0.4, -0.2) is 24.3 Å². The van der Waals surface area contributed by atoms with E-state index in [1.54, 1.807) is 57.4 Å². The van der Waals surface area contributed by atoms with Crippen molar-refractivity contribution in [3.05, 3.63) is 124 Å². The first-order chi connectivity index (χ1) is 19.8. The third kappa shape index (κ3) is 5.68. The number of allylic oxidation sites excluding steroid dienone is 1. The summed E-state index contributed by atoms with van der Waals surface area (Å²) in [6.45, 7) is 3.85. The van der Waals surface area contributed by atoms with Crippen LogP contribution in [0.4, 0.5) is 0 Å². The SMILES string of the molecule is CCOC(=O)C1=C(C)N=c2s/c(=C\c3cccc(OC)c3OCc3ccccc3Cl)c(=O)n2[C@@H]1c1ccccc1Cl. The third-order valence-electron chi connectivity index (χ3n) is 6.56. The van der Waals surface area contributed by atoms with Gasteiger partial charge in [-0.05, 0) is 43.7 Å². The molecule has 0 fully saturated rings. The van der Waals surface area contributed by atoms with Gasteiger partial charge in [-0.3, -0.25) is 9.36 Å². The Bertz CT molecular complexity index is 1840. The van der Waals surface area contributed by atoms with Crippen LogP contribution >= 0.6 is 34.5 Å². The van der Waals surface area contributed by atoms with Gasteiger partial charge in [0, 0.05) is 21.2 Å². The lowest BCUT2D eigenvalue weighted by atomic mass is 9.96. The molecule has 1 atom stereocenters. The maximum Gasteiger partial charge on any atom is 0.338 e. The number of para-hydroxylation sites is 1. The molecule has 41 heavy (non-hydrogen) atoms. The quantitative estimate of drug-likeness (QED) is 0.240. The predicted octanol–water partition coefficient (Wildman–Crippen LogP) is 5.69. The number of hydrogen-bond acceptors (Lipinski definition) is 7. The van der Waals surface area contributed by atoms with E-state index in [1.165, 1.54) is 15.9 Å². The lowest BCUT2D eigenvalue weighted by Gasteiger charge is -2.25. The van der Waals surface area contributed by atoms with E-state index >= 15 is 0 Å². The molecule has 5 rings (SSSR count). The van der Waals surface area contributed by atoms with Gasteiger partial charge in [0.2, 0.25) is 0 Å². The number of carbonyl (C=O) groups excluding carboxylic acids is 1. The van der Waals surface area contributed by atoms with Crippen molar-refractivity contribution >= 4 is 46.6 Å². The van der Waals surface area contributed by atoms with E-state index in [1.807, 2.05) is 36.4 Å². The monoisotopic (exact) mass is 608 g/mol. The molecular formula is C31H26Cl2N2O5S. The first-order valence-corrected chi connectivity index (χ1v) is 14.4. The highest BCUT2D eigenvalue weighted by atomic mass is 35.5. The van der Waals surface area contributed by atoms with Crippen LogP contribution in [0.25, 0.3) is 6.08 Å². The summed E-state index contributed by atoms with van der Waals surface area (Å²) in [6.07, 6.45) is 1.74. The van der Waals surface area contributed by atoms with Crippen molar-refractivity contribution < 1.29 is 19.0 Å². The molecule has 0 bridgehead atoms. The number of aromatic nitrogens is 1. The maximum absolute atomic E-state index is 14.0. The van der Waals surface area contributed by atoms with Crippen LogP contribution in [0.1, 0.15) is 36.6 Å². The van der Waals surface area contributed by atoms with Gasteiger partial charge >= 0.3 is 5.97 Å². The number of methoxy groups -OCH3 is 1.